The van der Waals surface area contributed by atoms with Crippen molar-refractivity contribution in [2.45, 2.75) is 37.2 Å². The van der Waals surface area contributed by atoms with Gasteiger partial charge in [0.2, 0.25) is 0 Å². The van der Waals surface area contributed by atoms with Crippen molar-refractivity contribution < 1.29 is 14.6 Å². The van der Waals surface area contributed by atoms with Crippen molar-refractivity contribution in [3.63, 3.8) is 0 Å². The number of carboxylic acids is 1. The van der Waals surface area contributed by atoms with Gasteiger partial charge in [-0.15, -0.1) is 0 Å². The molecule has 1 aromatic rings. The Morgan fingerprint density at radius 3 is 2.35 bits per heavy atom. The topological polar surface area (TPSA) is 46.5 Å². The lowest BCUT2D eigenvalue weighted by Crippen LogP contribution is -2.43. The molecular weight excluding hydrogens is 216 g/mol. The van der Waals surface area contributed by atoms with Gasteiger partial charge >= 0.3 is 5.97 Å². The maximum Gasteiger partial charge on any atom is 0.335 e. The number of rotatable bonds is 3. The van der Waals surface area contributed by atoms with Gasteiger partial charge in [-0.2, -0.15) is 0 Å². The lowest BCUT2D eigenvalue weighted by Gasteiger charge is -2.35. The van der Waals surface area contributed by atoms with Crippen LogP contribution in [0.5, 0.6) is 0 Å². The quantitative estimate of drug-likeness (QED) is 0.874. The molecule has 0 unspecified atom stereocenters. The van der Waals surface area contributed by atoms with E-state index in [1.54, 1.807) is 0 Å². The van der Waals surface area contributed by atoms with Gasteiger partial charge in [0, 0.05) is 7.11 Å². The summed E-state index contributed by atoms with van der Waals surface area (Å²) in [4.78, 5) is 11.2. The van der Waals surface area contributed by atoms with Crippen molar-refractivity contribution in [1.82, 2.24) is 0 Å². The van der Waals surface area contributed by atoms with Gasteiger partial charge in [0.15, 0.2) is 5.60 Å². The summed E-state index contributed by atoms with van der Waals surface area (Å²) < 4.78 is 5.22. The van der Waals surface area contributed by atoms with Crippen LogP contribution in [0.25, 0.3) is 0 Å². The van der Waals surface area contributed by atoms with E-state index in [0.29, 0.717) is 18.8 Å². The van der Waals surface area contributed by atoms with E-state index >= 15 is 0 Å². The number of carboxylic acid groups (broad SMARTS) is 1. The molecule has 1 aliphatic rings. The van der Waals surface area contributed by atoms with Gasteiger partial charge in [0.1, 0.15) is 0 Å². The van der Waals surface area contributed by atoms with Crippen LogP contribution in [0.4, 0.5) is 0 Å². The van der Waals surface area contributed by atoms with E-state index in [1.165, 1.54) is 12.7 Å². The second-order valence-electron chi connectivity index (χ2n) is 4.69. The summed E-state index contributed by atoms with van der Waals surface area (Å²) in [6, 6.07) is 10.3. The molecule has 1 aliphatic carbocycles. The highest BCUT2D eigenvalue weighted by Gasteiger charge is 2.42. The molecule has 2 rings (SSSR count). The van der Waals surface area contributed by atoms with Gasteiger partial charge in [-0.25, -0.2) is 4.79 Å². The van der Waals surface area contributed by atoms with E-state index < -0.39 is 11.6 Å². The predicted molar refractivity (Wildman–Crippen MR) is 65.0 cm³/mol. The van der Waals surface area contributed by atoms with Crippen molar-refractivity contribution in [2.24, 2.45) is 0 Å². The number of carbonyl (C=O) groups is 1. The molecule has 0 saturated heterocycles. The Bertz CT molecular complexity index is 378. The molecule has 0 aliphatic heterocycles. The van der Waals surface area contributed by atoms with Gasteiger partial charge < -0.3 is 9.84 Å². The standard InChI is InChI=1S/C14H18O3/c1-17-14(13(15)16)9-7-12(8-10-14)11-5-3-2-4-6-11/h2-6,12H,7-10H2,1H3,(H,15,16). The third-order valence-corrected chi connectivity index (χ3v) is 3.84. The van der Waals surface area contributed by atoms with E-state index in [2.05, 4.69) is 12.1 Å². The molecule has 1 saturated carbocycles. The smallest absolute Gasteiger partial charge is 0.335 e. The molecule has 17 heavy (non-hydrogen) atoms. The zero-order valence-electron chi connectivity index (χ0n) is 10.1. The maximum atomic E-state index is 11.2. The van der Waals surface area contributed by atoms with Crippen LogP contribution in [-0.2, 0) is 9.53 Å². The number of hydrogen-bond acceptors (Lipinski definition) is 2. The Morgan fingerprint density at radius 1 is 1.29 bits per heavy atom. The van der Waals surface area contributed by atoms with E-state index in [0.717, 1.165) is 12.8 Å². The fourth-order valence-electron chi connectivity index (χ4n) is 2.65. The maximum absolute atomic E-state index is 11.2. The Morgan fingerprint density at radius 2 is 1.88 bits per heavy atom. The third-order valence-electron chi connectivity index (χ3n) is 3.84. The van der Waals surface area contributed by atoms with Crippen molar-refractivity contribution in [3.05, 3.63) is 35.9 Å². The minimum absolute atomic E-state index is 0.471. The molecule has 0 heterocycles. The molecular formula is C14H18O3. The molecule has 0 spiro atoms. The lowest BCUT2D eigenvalue weighted by molar-refractivity contribution is -0.166. The first-order valence-corrected chi connectivity index (χ1v) is 6.01. The first kappa shape index (κ1) is 12.1. The number of ether oxygens (including phenoxy) is 1. The number of hydrogen-bond donors (Lipinski definition) is 1. The highest BCUT2D eigenvalue weighted by atomic mass is 16.5. The van der Waals surface area contributed by atoms with Crippen LogP contribution in [0, 0.1) is 0 Å². The zero-order valence-corrected chi connectivity index (χ0v) is 10.1. The minimum Gasteiger partial charge on any atom is -0.479 e. The molecule has 0 aromatic heterocycles. The minimum atomic E-state index is -0.953. The first-order valence-electron chi connectivity index (χ1n) is 6.01. The highest BCUT2D eigenvalue weighted by molar-refractivity contribution is 5.77. The summed E-state index contributed by atoms with van der Waals surface area (Å²) in [5.74, 6) is -0.356. The monoisotopic (exact) mass is 234 g/mol. The average Bonchev–Trinajstić information content (AvgIpc) is 2.39. The van der Waals surface area contributed by atoms with Crippen molar-refractivity contribution in [1.29, 1.82) is 0 Å². The molecule has 92 valence electrons. The second kappa shape index (κ2) is 4.88. The molecule has 3 heteroatoms. The second-order valence-corrected chi connectivity index (χ2v) is 4.69. The molecule has 1 N–H and O–H groups in total. The van der Waals surface area contributed by atoms with Crippen LogP contribution in [0.15, 0.2) is 30.3 Å². The number of aliphatic carboxylic acids is 1. The normalized spacial score (nSPS) is 28.9. The predicted octanol–water partition coefficient (Wildman–Crippen LogP) is 2.81. The Hall–Kier alpha value is -1.35. The lowest BCUT2D eigenvalue weighted by atomic mass is 9.76. The van der Waals surface area contributed by atoms with Gasteiger partial charge in [0.25, 0.3) is 0 Å². The van der Waals surface area contributed by atoms with Crippen molar-refractivity contribution in [3.8, 4) is 0 Å². The fraction of sp³-hybridized carbons (Fsp3) is 0.500. The molecule has 0 radical (unpaired) electrons. The van der Waals surface area contributed by atoms with Crippen LogP contribution in [0.3, 0.4) is 0 Å². The summed E-state index contributed by atoms with van der Waals surface area (Å²) >= 11 is 0. The van der Waals surface area contributed by atoms with Gasteiger partial charge in [-0.3, -0.25) is 0 Å². The largest absolute Gasteiger partial charge is 0.479 e. The summed E-state index contributed by atoms with van der Waals surface area (Å²) in [6.45, 7) is 0. The van der Waals surface area contributed by atoms with Gasteiger partial charge in [-0.05, 0) is 37.2 Å². The Labute approximate surface area is 101 Å². The highest BCUT2D eigenvalue weighted by Crippen LogP contribution is 2.39. The van der Waals surface area contributed by atoms with Crippen LogP contribution in [-0.4, -0.2) is 23.8 Å². The fourth-order valence-corrected chi connectivity index (χ4v) is 2.65. The van der Waals surface area contributed by atoms with E-state index in [9.17, 15) is 9.90 Å². The number of benzene rings is 1. The molecule has 1 aromatic carbocycles. The summed E-state index contributed by atoms with van der Waals surface area (Å²) in [5, 5.41) is 9.22. The molecule has 3 nitrogen and oxygen atoms in total. The van der Waals surface area contributed by atoms with Crippen molar-refractivity contribution >= 4 is 5.97 Å². The SMILES string of the molecule is COC1(C(=O)O)CCC(c2ccccc2)CC1. The summed E-state index contributed by atoms with van der Waals surface area (Å²) in [7, 11) is 1.50. The van der Waals surface area contributed by atoms with Gasteiger partial charge in [-0.1, -0.05) is 30.3 Å². The zero-order chi connectivity index (χ0) is 12.3. The van der Waals surface area contributed by atoms with Gasteiger partial charge in [0.05, 0.1) is 0 Å². The van der Waals surface area contributed by atoms with E-state index in [-0.39, 0.29) is 0 Å². The summed E-state index contributed by atoms with van der Waals surface area (Å²) in [5.41, 5.74) is 0.355. The van der Waals surface area contributed by atoms with Crippen LogP contribution >= 0.6 is 0 Å². The summed E-state index contributed by atoms with van der Waals surface area (Å²) in [6.07, 6.45) is 2.95. The van der Waals surface area contributed by atoms with Crippen LogP contribution in [0.1, 0.15) is 37.2 Å². The molecule has 0 bridgehead atoms. The average molecular weight is 234 g/mol. The van der Waals surface area contributed by atoms with E-state index in [4.69, 9.17) is 4.74 Å². The molecule has 0 atom stereocenters. The van der Waals surface area contributed by atoms with Crippen LogP contribution < -0.4 is 0 Å². The van der Waals surface area contributed by atoms with Crippen molar-refractivity contribution in [2.75, 3.05) is 7.11 Å². The Balaban J connectivity index is 2.05. The molecule has 0 amide bonds. The third kappa shape index (κ3) is 2.34. The first-order chi connectivity index (χ1) is 8.18. The molecule has 1 fully saturated rings. The van der Waals surface area contributed by atoms with E-state index in [1.807, 2.05) is 18.2 Å². The van der Waals surface area contributed by atoms with Crippen LogP contribution in [0.2, 0.25) is 0 Å². The Kier molecular flexibility index (Phi) is 3.48. The number of methoxy groups -OCH3 is 1.